The molecule has 4 heterocycles. The molecule has 0 aliphatic carbocycles. The van der Waals surface area contributed by atoms with Crippen LogP contribution >= 0.6 is 0 Å². The summed E-state index contributed by atoms with van der Waals surface area (Å²) in [7, 11) is 0. The van der Waals surface area contributed by atoms with Gasteiger partial charge in [-0.2, -0.15) is 4.98 Å². The van der Waals surface area contributed by atoms with Crippen LogP contribution in [-0.4, -0.2) is 79.9 Å². The summed E-state index contributed by atoms with van der Waals surface area (Å²) >= 11 is 0. The van der Waals surface area contributed by atoms with Crippen LogP contribution in [0.1, 0.15) is 29.4 Å². The van der Waals surface area contributed by atoms with Crippen LogP contribution in [0.15, 0.2) is 24.3 Å². The van der Waals surface area contributed by atoms with Crippen molar-refractivity contribution in [2.45, 2.75) is 19.9 Å². The van der Waals surface area contributed by atoms with Crippen molar-refractivity contribution in [3.63, 3.8) is 0 Å². The summed E-state index contributed by atoms with van der Waals surface area (Å²) in [6.45, 7) is 9.41. The number of nitrogens with zero attached hydrogens (tertiary/aromatic N) is 5. The third-order valence-corrected chi connectivity index (χ3v) is 6.13. The van der Waals surface area contributed by atoms with Crippen molar-refractivity contribution < 1.29 is 14.3 Å². The Hall–Kier alpha value is -2.91. The van der Waals surface area contributed by atoms with Gasteiger partial charge in [-0.05, 0) is 30.7 Å². The van der Waals surface area contributed by atoms with E-state index < -0.39 is 0 Å². The second-order valence-electron chi connectivity index (χ2n) is 8.30. The summed E-state index contributed by atoms with van der Waals surface area (Å²) in [5, 5.41) is 3.47. The molecule has 0 bridgehead atoms. The fraction of sp³-hybridized carbons (Fsp3) is 0.522. The fourth-order valence-corrected chi connectivity index (χ4v) is 4.38. The van der Waals surface area contributed by atoms with E-state index in [0.29, 0.717) is 37.2 Å². The number of anilines is 4. The number of ether oxygens (including phenoxy) is 2. The molecule has 1 amide bonds. The van der Waals surface area contributed by atoms with Crippen molar-refractivity contribution in [1.82, 2.24) is 14.9 Å². The van der Waals surface area contributed by atoms with Gasteiger partial charge in [0.05, 0.1) is 33.0 Å². The van der Waals surface area contributed by atoms with E-state index in [1.54, 1.807) is 0 Å². The van der Waals surface area contributed by atoms with E-state index in [2.05, 4.69) is 51.3 Å². The molecule has 1 aromatic carbocycles. The third-order valence-electron chi connectivity index (χ3n) is 6.13. The van der Waals surface area contributed by atoms with Crippen molar-refractivity contribution in [2.75, 3.05) is 74.3 Å². The van der Waals surface area contributed by atoms with Crippen LogP contribution in [-0.2, 0) is 16.0 Å². The fourth-order valence-electron chi connectivity index (χ4n) is 4.38. The molecule has 0 unspecified atom stereocenters. The lowest BCUT2D eigenvalue weighted by molar-refractivity contribution is 0.0774. The maximum absolute atomic E-state index is 13.0. The third kappa shape index (κ3) is 4.22. The number of carbonyl (C=O) groups excluding carboxylic acids is 1. The average Bonchev–Trinajstić information content (AvgIpc) is 3.16. The van der Waals surface area contributed by atoms with Crippen LogP contribution in [0.4, 0.5) is 23.1 Å². The number of aromatic nitrogens is 2. The lowest BCUT2D eigenvalue weighted by Gasteiger charge is -2.29. The molecule has 0 spiro atoms. The lowest BCUT2D eigenvalue weighted by atomic mass is 10.2. The number of hydrogen-bond acceptors (Lipinski definition) is 8. The first-order chi connectivity index (χ1) is 15.7. The summed E-state index contributed by atoms with van der Waals surface area (Å²) in [6, 6.07) is 8.36. The Morgan fingerprint density at radius 2 is 1.59 bits per heavy atom. The predicted octanol–water partition coefficient (Wildman–Crippen LogP) is 2.26. The molecule has 0 radical (unpaired) electrons. The number of carbonyl (C=O) groups is 1. The van der Waals surface area contributed by atoms with Gasteiger partial charge in [-0.25, -0.2) is 4.98 Å². The molecule has 1 aromatic heterocycles. The van der Waals surface area contributed by atoms with Crippen LogP contribution in [0.3, 0.4) is 0 Å². The Kier molecular flexibility index (Phi) is 6.09. The predicted molar refractivity (Wildman–Crippen MR) is 123 cm³/mol. The maximum atomic E-state index is 13.0. The molecule has 0 atom stereocenters. The molecule has 2 aromatic rings. The minimum Gasteiger partial charge on any atom is -0.378 e. The SMILES string of the molecule is CCCN1Cc2c(Nc3ccc(N4CCOCC4)cc3)nc(N3CCOCC3)nc2C1=O. The molecule has 0 saturated carbocycles. The Morgan fingerprint density at radius 3 is 2.25 bits per heavy atom. The Bertz CT molecular complexity index is 955. The standard InChI is InChI=1S/C23H30N6O3/c1-2-7-29-16-19-20(22(29)30)25-23(28-10-14-32-15-11-28)26-21(19)24-17-3-5-18(6-4-17)27-8-12-31-13-9-27/h3-6H,2,7-16H2,1H3,(H,24,25,26). The number of rotatable bonds is 6. The van der Waals surface area contributed by atoms with Crippen LogP contribution in [0, 0.1) is 0 Å². The van der Waals surface area contributed by atoms with Crippen LogP contribution in [0.2, 0.25) is 0 Å². The first-order valence-corrected chi connectivity index (χ1v) is 11.5. The van der Waals surface area contributed by atoms with E-state index in [0.717, 1.165) is 63.6 Å². The van der Waals surface area contributed by atoms with E-state index >= 15 is 0 Å². The van der Waals surface area contributed by atoms with E-state index in [-0.39, 0.29) is 5.91 Å². The zero-order chi connectivity index (χ0) is 21.9. The van der Waals surface area contributed by atoms with Gasteiger partial charge >= 0.3 is 0 Å². The lowest BCUT2D eigenvalue weighted by Crippen LogP contribution is -2.37. The topological polar surface area (TPSA) is 83.1 Å². The molecule has 32 heavy (non-hydrogen) atoms. The van der Waals surface area contributed by atoms with Crippen molar-refractivity contribution in [3.8, 4) is 0 Å². The van der Waals surface area contributed by atoms with Gasteiger partial charge in [0.1, 0.15) is 11.5 Å². The molecule has 3 aliphatic rings. The quantitative estimate of drug-likeness (QED) is 0.736. The Balaban J connectivity index is 1.42. The second-order valence-corrected chi connectivity index (χ2v) is 8.30. The van der Waals surface area contributed by atoms with Gasteiger partial charge in [0.15, 0.2) is 0 Å². The van der Waals surface area contributed by atoms with E-state index in [1.165, 1.54) is 5.69 Å². The molecule has 9 heteroatoms. The molecule has 2 fully saturated rings. The largest absolute Gasteiger partial charge is 0.378 e. The smallest absolute Gasteiger partial charge is 0.273 e. The first-order valence-electron chi connectivity index (χ1n) is 11.5. The average molecular weight is 439 g/mol. The minimum absolute atomic E-state index is 0.00975. The van der Waals surface area contributed by atoms with Crippen LogP contribution in [0.25, 0.3) is 0 Å². The minimum atomic E-state index is -0.00975. The molecule has 3 aliphatic heterocycles. The van der Waals surface area contributed by atoms with Crippen LogP contribution < -0.4 is 15.1 Å². The molecular formula is C23H30N6O3. The van der Waals surface area contributed by atoms with E-state index in [9.17, 15) is 4.79 Å². The highest BCUT2D eigenvalue weighted by atomic mass is 16.5. The van der Waals surface area contributed by atoms with E-state index in [4.69, 9.17) is 14.5 Å². The van der Waals surface area contributed by atoms with Gasteiger partial charge in [0.2, 0.25) is 5.95 Å². The Labute approximate surface area is 188 Å². The molecule has 1 N–H and O–H groups in total. The van der Waals surface area contributed by atoms with Crippen LogP contribution in [0.5, 0.6) is 0 Å². The highest BCUT2D eigenvalue weighted by Gasteiger charge is 2.33. The zero-order valence-corrected chi connectivity index (χ0v) is 18.5. The molecule has 2 saturated heterocycles. The first kappa shape index (κ1) is 21.0. The molecule has 170 valence electrons. The highest BCUT2D eigenvalue weighted by Crippen LogP contribution is 2.32. The van der Waals surface area contributed by atoms with Gasteiger partial charge in [-0.15, -0.1) is 0 Å². The summed E-state index contributed by atoms with van der Waals surface area (Å²) in [4.78, 5) is 28.8. The van der Waals surface area contributed by atoms with Crippen molar-refractivity contribution in [1.29, 1.82) is 0 Å². The number of nitrogens with one attached hydrogen (secondary N) is 1. The van der Waals surface area contributed by atoms with Crippen molar-refractivity contribution in [2.24, 2.45) is 0 Å². The number of morpholine rings is 2. The zero-order valence-electron chi connectivity index (χ0n) is 18.5. The van der Waals surface area contributed by atoms with Gasteiger partial charge in [-0.3, -0.25) is 4.79 Å². The number of hydrogen-bond donors (Lipinski definition) is 1. The molecular weight excluding hydrogens is 408 g/mol. The summed E-state index contributed by atoms with van der Waals surface area (Å²) in [5.74, 6) is 1.29. The Morgan fingerprint density at radius 1 is 0.938 bits per heavy atom. The summed E-state index contributed by atoms with van der Waals surface area (Å²) < 4.78 is 10.9. The number of amides is 1. The maximum Gasteiger partial charge on any atom is 0.273 e. The van der Waals surface area contributed by atoms with Gasteiger partial charge < -0.3 is 29.5 Å². The van der Waals surface area contributed by atoms with Crippen molar-refractivity contribution >= 4 is 29.0 Å². The molecule has 5 rings (SSSR count). The van der Waals surface area contributed by atoms with E-state index in [1.807, 2.05) is 4.90 Å². The summed E-state index contributed by atoms with van der Waals surface area (Å²) in [6.07, 6.45) is 0.912. The van der Waals surface area contributed by atoms with Gasteiger partial charge in [0.25, 0.3) is 5.91 Å². The van der Waals surface area contributed by atoms with Gasteiger partial charge in [0, 0.05) is 49.7 Å². The second kappa shape index (κ2) is 9.30. The number of fused-ring (bicyclic) bond motifs is 1. The monoisotopic (exact) mass is 438 g/mol. The number of benzene rings is 1. The normalized spacial score (nSPS) is 18.8. The highest BCUT2D eigenvalue weighted by molar-refractivity contribution is 5.98. The van der Waals surface area contributed by atoms with Gasteiger partial charge in [-0.1, -0.05) is 6.92 Å². The summed E-state index contributed by atoms with van der Waals surface area (Å²) in [5.41, 5.74) is 3.52. The van der Waals surface area contributed by atoms with Crippen molar-refractivity contribution in [3.05, 3.63) is 35.5 Å². The molecule has 9 nitrogen and oxygen atoms in total.